The van der Waals surface area contributed by atoms with E-state index in [1.54, 1.807) is 22.9 Å². The minimum atomic E-state index is -3.53. The normalized spacial score (nSPS) is 16.0. The van der Waals surface area contributed by atoms with Crippen molar-refractivity contribution in [3.05, 3.63) is 41.3 Å². The molecule has 0 spiro atoms. The number of hydrogen-bond acceptors (Lipinski definition) is 5. The number of hydrogen-bond donors (Lipinski definition) is 1. The smallest absolute Gasteiger partial charge is 0.236 e. The van der Waals surface area contributed by atoms with Crippen molar-refractivity contribution < 1.29 is 18.0 Å². The highest BCUT2D eigenvalue weighted by Gasteiger charge is 2.27. The molecule has 1 N–H and O–H groups in total. The van der Waals surface area contributed by atoms with Crippen molar-refractivity contribution in [1.29, 1.82) is 0 Å². The number of sulfonamides is 1. The molecule has 2 amide bonds. The summed E-state index contributed by atoms with van der Waals surface area (Å²) in [4.78, 5) is 27.5. The van der Waals surface area contributed by atoms with Crippen LogP contribution in [-0.4, -0.2) is 86.7 Å². The lowest BCUT2D eigenvalue weighted by Gasteiger charge is -2.34. The first-order valence-electron chi connectivity index (χ1n) is 9.66. The van der Waals surface area contributed by atoms with Gasteiger partial charge >= 0.3 is 0 Å². The van der Waals surface area contributed by atoms with Crippen molar-refractivity contribution >= 4 is 27.9 Å². The molecule has 0 aromatic heterocycles. The molecule has 0 saturated carbocycles. The SMILES string of the molecule is CC(C)NC(=O)CN(C)CC(=O)N1CCN(S(=O)(=O)/C=C/c2ccccc2)CC1. The maximum Gasteiger partial charge on any atom is 0.236 e. The van der Waals surface area contributed by atoms with Crippen LogP contribution in [0.3, 0.4) is 0 Å². The molecule has 1 fully saturated rings. The lowest BCUT2D eigenvalue weighted by Crippen LogP contribution is -2.52. The Bertz CT molecular complexity index is 816. The van der Waals surface area contributed by atoms with Gasteiger partial charge in [0.15, 0.2) is 0 Å². The van der Waals surface area contributed by atoms with E-state index in [1.807, 2.05) is 44.2 Å². The number of carbonyl (C=O) groups excluding carboxylic acids is 2. The first-order chi connectivity index (χ1) is 13.7. The monoisotopic (exact) mass is 422 g/mol. The van der Waals surface area contributed by atoms with Crippen LogP contribution in [0.4, 0.5) is 0 Å². The van der Waals surface area contributed by atoms with Crippen LogP contribution in [0, 0.1) is 0 Å². The van der Waals surface area contributed by atoms with Crippen molar-refractivity contribution in [2.24, 2.45) is 0 Å². The summed E-state index contributed by atoms with van der Waals surface area (Å²) in [5, 5.41) is 4.00. The molecule has 2 rings (SSSR count). The predicted octanol–water partition coefficient (Wildman–Crippen LogP) is 0.588. The van der Waals surface area contributed by atoms with E-state index in [0.29, 0.717) is 13.1 Å². The van der Waals surface area contributed by atoms with Crippen molar-refractivity contribution in [2.45, 2.75) is 19.9 Å². The molecule has 8 nitrogen and oxygen atoms in total. The van der Waals surface area contributed by atoms with Crippen LogP contribution in [0.1, 0.15) is 19.4 Å². The average molecular weight is 423 g/mol. The van der Waals surface area contributed by atoms with Gasteiger partial charge in [-0.1, -0.05) is 30.3 Å². The van der Waals surface area contributed by atoms with Gasteiger partial charge < -0.3 is 10.2 Å². The van der Waals surface area contributed by atoms with E-state index in [1.165, 1.54) is 9.71 Å². The van der Waals surface area contributed by atoms with Gasteiger partial charge in [-0.05, 0) is 32.5 Å². The quantitative estimate of drug-likeness (QED) is 0.662. The fraction of sp³-hybridized carbons (Fsp3) is 0.500. The highest BCUT2D eigenvalue weighted by atomic mass is 32.2. The van der Waals surface area contributed by atoms with E-state index in [2.05, 4.69) is 5.32 Å². The van der Waals surface area contributed by atoms with Crippen LogP contribution >= 0.6 is 0 Å². The van der Waals surface area contributed by atoms with Gasteiger partial charge in [0.05, 0.1) is 13.1 Å². The van der Waals surface area contributed by atoms with Crippen LogP contribution in [0.5, 0.6) is 0 Å². The molecular formula is C20H30N4O4S. The van der Waals surface area contributed by atoms with Crippen LogP contribution in [0.25, 0.3) is 6.08 Å². The molecule has 1 aromatic rings. The van der Waals surface area contributed by atoms with Gasteiger partial charge in [-0.3, -0.25) is 14.5 Å². The number of rotatable bonds is 8. The summed E-state index contributed by atoms with van der Waals surface area (Å²) in [5.41, 5.74) is 0.814. The second kappa shape index (κ2) is 10.5. The zero-order valence-electron chi connectivity index (χ0n) is 17.2. The third-order valence-corrected chi connectivity index (χ3v) is 6.02. The number of piperazine rings is 1. The highest BCUT2D eigenvalue weighted by molar-refractivity contribution is 7.92. The number of nitrogens with zero attached hydrogens (tertiary/aromatic N) is 3. The van der Waals surface area contributed by atoms with E-state index in [4.69, 9.17) is 0 Å². The summed E-state index contributed by atoms with van der Waals surface area (Å²) in [6.07, 6.45) is 1.57. The maximum atomic E-state index is 12.5. The van der Waals surface area contributed by atoms with Gasteiger partial charge in [-0.25, -0.2) is 8.42 Å². The van der Waals surface area contributed by atoms with Crippen molar-refractivity contribution in [2.75, 3.05) is 46.3 Å². The standard InChI is InChI=1S/C20H30N4O4S/c1-17(2)21-19(25)15-22(3)16-20(26)23-10-12-24(13-11-23)29(27,28)14-9-18-7-5-4-6-8-18/h4-9,14,17H,10-13,15-16H2,1-3H3,(H,21,25)/b14-9+. The topological polar surface area (TPSA) is 90.0 Å². The van der Waals surface area contributed by atoms with E-state index < -0.39 is 10.0 Å². The lowest BCUT2D eigenvalue weighted by atomic mass is 10.2. The number of nitrogens with one attached hydrogen (secondary N) is 1. The molecule has 0 radical (unpaired) electrons. The molecule has 1 aromatic carbocycles. The Labute approximate surface area is 173 Å². The molecule has 9 heteroatoms. The van der Waals surface area contributed by atoms with E-state index in [9.17, 15) is 18.0 Å². The zero-order chi connectivity index (χ0) is 21.4. The molecule has 1 heterocycles. The molecule has 1 aliphatic rings. The van der Waals surface area contributed by atoms with E-state index in [-0.39, 0.29) is 44.0 Å². The summed E-state index contributed by atoms with van der Waals surface area (Å²) in [7, 11) is -1.81. The van der Waals surface area contributed by atoms with Gasteiger partial charge in [0.2, 0.25) is 21.8 Å². The number of amides is 2. The van der Waals surface area contributed by atoms with E-state index in [0.717, 1.165) is 5.56 Å². The molecule has 0 unspecified atom stereocenters. The maximum absolute atomic E-state index is 12.5. The van der Waals surface area contributed by atoms with Crippen molar-refractivity contribution in [3.8, 4) is 0 Å². The minimum absolute atomic E-state index is 0.0533. The minimum Gasteiger partial charge on any atom is -0.353 e. The van der Waals surface area contributed by atoms with Crippen molar-refractivity contribution in [1.82, 2.24) is 19.4 Å². The second-order valence-electron chi connectivity index (χ2n) is 7.43. The Morgan fingerprint density at radius 3 is 2.31 bits per heavy atom. The van der Waals surface area contributed by atoms with Crippen LogP contribution in [0.2, 0.25) is 0 Å². The lowest BCUT2D eigenvalue weighted by molar-refractivity contribution is -0.133. The largest absolute Gasteiger partial charge is 0.353 e. The molecule has 0 atom stereocenters. The summed E-state index contributed by atoms with van der Waals surface area (Å²) in [6.45, 7) is 5.20. The number of carbonyl (C=O) groups is 2. The fourth-order valence-corrected chi connectivity index (χ4v) is 4.18. The Hall–Kier alpha value is -2.23. The number of likely N-dealkylation sites (N-methyl/N-ethyl adjacent to an activating group) is 1. The van der Waals surface area contributed by atoms with Crippen LogP contribution in [0.15, 0.2) is 35.7 Å². The molecule has 160 valence electrons. The molecule has 29 heavy (non-hydrogen) atoms. The summed E-state index contributed by atoms with van der Waals surface area (Å²) in [6, 6.07) is 9.29. The fourth-order valence-electron chi connectivity index (χ4n) is 3.01. The van der Waals surface area contributed by atoms with E-state index >= 15 is 0 Å². The van der Waals surface area contributed by atoms with Gasteiger partial charge in [-0.2, -0.15) is 4.31 Å². The predicted molar refractivity (Wildman–Crippen MR) is 113 cm³/mol. The first kappa shape index (κ1) is 23.1. The Balaban J connectivity index is 1.82. The first-order valence-corrected chi connectivity index (χ1v) is 11.2. The number of benzene rings is 1. The average Bonchev–Trinajstić information content (AvgIpc) is 2.66. The zero-order valence-corrected chi connectivity index (χ0v) is 18.1. The Morgan fingerprint density at radius 1 is 1.10 bits per heavy atom. The molecule has 1 aliphatic heterocycles. The molecular weight excluding hydrogens is 392 g/mol. The van der Waals surface area contributed by atoms with Gasteiger partial charge in [0.25, 0.3) is 0 Å². The van der Waals surface area contributed by atoms with Gasteiger partial charge in [0.1, 0.15) is 0 Å². The van der Waals surface area contributed by atoms with Gasteiger partial charge in [0, 0.05) is 37.6 Å². The molecule has 1 saturated heterocycles. The van der Waals surface area contributed by atoms with Crippen molar-refractivity contribution in [3.63, 3.8) is 0 Å². The summed E-state index contributed by atoms with van der Waals surface area (Å²) in [5.74, 6) is -0.238. The van der Waals surface area contributed by atoms with Crippen LogP contribution in [-0.2, 0) is 19.6 Å². The molecule has 0 bridgehead atoms. The van der Waals surface area contributed by atoms with Crippen LogP contribution < -0.4 is 5.32 Å². The third-order valence-electron chi connectivity index (χ3n) is 4.45. The molecule has 0 aliphatic carbocycles. The summed E-state index contributed by atoms with van der Waals surface area (Å²) < 4.78 is 26.4. The summed E-state index contributed by atoms with van der Waals surface area (Å²) >= 11 is 0. The second-order valence-corrected chi connectivity index (χ2v) is 9.25. The Morgan fingerprint density at radius 2 is 1.72 bits per heavy atom. The van der Waals surface area contributed by atoms with Gasteiger partial charge in [-0.15, -0.1) is 0 Å². The Kier molecular flexibility index (Phi) is 8.36. The highest BCUT2D eigenvalue weighted by Crippen LogP contribution is 2.12. The third kappa shape index (κ3) is 7.60.